The van der Waals surface area contributed by atoms with Crippen LogP contribution in [0.25, 0.3) is 0 Å². The summed E-state index contributed by atoms with van der Waals surface area (Å²) in [5.74, 6) is -0.392. The Kier molecular flexibility index (Phi) is 7.04. The quantitative estimate of drug-likeness (QED) is 0.533. The van der Waals surface area contributed by atoms with Gasteiger partial charge >= 0.3 is 6.18 Å². The van der Waals surface area contributed by atoms with Gasteiger partial charge in [0.1, 0.15) is 0 Å². The number of phenolic OH excluding ortho intramolecular Hbond substituents is 1. The third kappa shape index (κ3) is 5.58. The van der Waals surface area contributed by atoms with E-state index < -0.39 is 12.1 Å². The maximum atomic E-state index is 13.0. The summed E-state index contributed by atoms with van der Waals surface area (Å²) in [7, 11) is 4.44. The molecule has 0 spiro atoms. The second-order valence-corrected chi connectivity index (χ2v) is 6.52. The number of alkyl halides is 3. The predicted octanol–water partition coefficient (Wildman–Crippen LogP) is 3.20. The van der Waals surface area contributed by atoms with E-state index in [1.165, 1.54) is 14.2 Å². The van der Waals surface area contributed by atoms with Crippen LogP contribution in [0, 0.1) is 5.92 Å². The molecule has 0 bridgehead atoms. The van der Waals surface area contributed by atoms with E-state index >= 15 is 0 Å². The number of halogens is 3. The van der Waals surface area contributed by atoms with Crippen LogP contribution in [0.3, 0.4) is 0 Å². The van der Waals surface area contributed by atoms with Gasteiger partial charge in [0.15, 0.2) is 17.5 Å². The van der Waals surface area contributed by atoms with E-state index in [0.717, 1.165) is 5.56 Å². The molecule has 0 radical (unpaired) electrons. The summed E-state index contributed by atoms with van der Waals surface area (Å²) in [4.78, 5) is 4.09. The van der Waals surface area contributed by atoms with Gasteiger partial charge < -0.3 is 25.2 Å². The van der Waals surface area contributed by atoms with E-state index in [4.69, 9.17) is 9.47 Å². The van der Waals surface area contributed by atoms with Crippen molar-refractivity contribution in [2.75, 3.05) is 21.3 Å². The third-order valence-corrected chi connectivity index (χ3v) is 4.70. The molecule has 1 aromatic rings. The summed E-state index contributed by atoms with van der Waals surface area (Å²) in [6, 6.07) is 3.03. The highest BCUT2D eigenvalue weighted by molar-refractivity contribution is 5.80. The van der Waals surface area contributed by atoms with Gasteiger partial charge in [0, 0.05) is 19.6 Å². The number of aliphatic imine (C=N–C) groups is 1. The van der Waals surface area contributed by atoms with Gasteiger partial charge in [-0.3, -0.25) is 4.99 Å². The van der Waals surface area contributed by atoms with Crippen molar-refractivity contribution in [3.05, 3.63) is 17.7 Å². The van der Waals surface area contributed by atoms with E-state index in [2.05, 4.69) is 15.6 Å². The Labute approximate surface area is 156 Å². The van der Waals surface area contributed by atoms with Gasteiger partial charge in [-0.2, -0.15) is 13.2 Å². The van der Waals surface area contributed by atoms with Gasteiger partial charge in [0.25, 0.3) is 0 Å². The summed E-state index contributed by atoms with van der Waals surface area (Å²) < 4.78 is 49.1. The molecule has 2 unspecified atom stereocenters. The number of benzene rings is 1. The van der Waals surface area contributed by atoms with E-state index in [9.17, 15) is 18.3 Å². The molecule has 0 aliphatic heterocycles. The highest BCUT2D eigenvalue weighted by Gasteiger charge is 2.42. The van der Waals surface area contributed by atoms with Crippen molar-refractivity contribution in [3.8, 4) is 17.2 Å². The van der Waals surface area contributed by atoms with Crippen molar-refractivity contribution in [3.63, 3.8) is 0 Å². The zero-order chi connectivity index (χ0) is 20.0. The fraction of sp³-hybridized carbons (Fsp3) is 0.611. The molecular formula is C18H26F3N3O3. The smallest absolute Gasteiger partial charge is 0.391 e. The first-order valence-electron chi connectivity index (χ1n) is 8.76. The molecule has 1 aromatic carbocycles. The zero-order valence-corrected chi connectivity index (χ0v) is 15.7. The molecule has 2 atom stereocenters. The fourth-order valence-electron chi connectivity index (χ4n) is 3.24. The first-order valence-corrected chi connectivity index (χ1v) is 8.76. The number of aromatic hydroxyl groups is 1. The number of nitrogens with one attached hydrogen (secondary N) is 2. The number of rotatable bonds is 5. The van der Waals surface area contributed by atoms with E-state index in [1.807, 2.05) is 0 Å². The van der Waals surface area contributed by atoms with E-state index in [1.54, 1.807) is 19.2 Å². The monoisotopic (exact) mass is 389 g/mol. The Morgan fingerprint density at radius 2 is 1.85 bits per heavy atom. The second kappa shape index (κ2) is 9.05. The Morgan fingerprint density at radius 1 is 1.22 bits per heavy atom. The van der Waals surface area contributed by atoms with Crippen LogP contribution in [0.4, 0.5) is 13.2 Å². The number of hydrogen-bond acceptors (Lipinski definition) is 4. The summed E-state index contributed by atoms with van der Waals surface area (Å²) in [6.45, 7) is 0.335. The molecule has 1 aliphatic rings. The van der Waals surface area contributed by atoms with Gasteiger partial charge in [0.2, 0.25) is 5.75 Å². The third-order valence-electron chi connectivity index (χ3n) is 4.70. The molecule has 0 heterocycles. The van der Waals surface area contributed by atoms with Crippen LogP contribution >= 0.6 is 0 Å². The summed E-state index contributed by atoms with van der Waals surface area (Å²) in [5, 5.41) is 16.1. The predicted molar refractivity (Wildman–Crippen MR) is 96.3 cm³/mol. The normalized spacial score (nSPS) is 20.9. The SMILES string of the molecule is CN=C(NCc1cc(OC)c(O)c(OC)c1)NC1CCCC(C(F)(F)F)C1. The molecule has 1 aliphatic carbocycles. The molecule has 27 heavy (non-hydrogen) atoms. The lowest BCUT2D eigenvalue weighted by Crippen LogP contribution is -2.46. The highest BCUT2D eigenvalue weighted by Crippen LogP contribution is 2.38. The Balaban J connectivity index is 1.98. The Hall–Kier alpha value is -2.32. The van der Waals surface area contributed by atoms with Crippen LogP contribution in [0.1, 0.15) is 31.2 Å². The molecule has 9 heteroatoms. The average molecular weight is 389 g/mol. The molecule has 3 N–H and O–H groups in total. The topological polar surface area (TPSA) is 75.1 Å². The molecular weight excluding hydrogens is 363 g/mol. The van der Waals surface area contributed by atoms with Gasteiger partial charge in [-0.15, -0.1) is 0 Å². The molecule has 0 amide bonds. The molecule has 0 aromatic heterocycles. The molecule has 2 rings (SSSR count). The molecule has 152 valence electrons. The van der Waals surface area contributed by atoms with E-state index in [-0.39, 0.29) is 36.1 Å². The van der Waals surface area contributed by atoms with Gasteiger partial charge in [-0.1, -0.05) is 6.42 Å². The summed E-state index contributed by atoms with van der Waals surface area (Å²) >= 11 is 0. The van der Waals surface area contributed by atoms with Crippen molar-refractivity contribution < 1.29 is 27.8 Å². The molecule has 0 saturated heterocycles. The molecule has 6 nitrogen and oxygen atoms in total. The Bertz CT molecular complexity index is 640. The minimum absolute atomic E-state index is 0.0467. The number of guanidine groups is 1. The van der Waals surface area contributed by atoms with Crippen LogP contribution in [0.15, 0.2) is 17.1 Å². The number of methoxy groups -OCH3 is 2. The lowest BCUT2D eigenvalue weighted by atomic mass is 9.85. The average Bonchev–Trinajstić information content (AvgIpc) is 2.65. The fourth-order valence-corrected chi connectivity index (χ4v) is 3.24. The molecule has 1 saturated carbocycles. The lowest BCUT2D eigenvalue weighted by Gasteiger charge is -2.31. The van der Waals surface area contributed by atoms with E-state index in [0.29, 0.717) is 25.3 Å². The number of ether oxygens (including phenoxy) is 2. The van der Waals surface area contributed by atoms with Crippen LogP contribution < -0.4 is 20.1 Å². The first-order chi connectivity index (χ1) is 12.8. The lowest BCUT2D eigenvalue weighted by molar-refractivity contribution is -0.183. The van der Waals surface area contributed by atoms with Crippen molar-refractivity contribution in [1.29, 1.82) is 0 Å². The zero-order valence-electron chi connectivity index (χ0n) is 15.7. The number of hydrogen-bond donors (Lipinski definition) is 3. The minimum Gasteiger partial charge on any atom is -0.502 e. The minimum atomic E-state index is -4.16. The number of nitrogens with zero attached hydrogens (tertiary/aromatic N) is 1. The van der Waals surface area contributed by atoms with Crippen LogP contribution in [-0.4, -0.2) is 44.6 Å². The van der Waals surface area contributed by atoms with Crippen molar-refractivity contribution in [2.45, 2.75) is 44.4 Å². The van der Waals surface area contributed by atoms with Crippen LogP contribution in [0.2, 0.25) is 0 Å². The van der Waals surface area contributed by atoms with Crippen LogP contribution in [-0.2, 0) is 6.54 Å². The van der Waals surface area contributed by atoms with Crippen LogP contribution in [0.5, 0.6) is 17.2 Å². The number of phenols is 1. The maximum absolute atomic E-state index is 13.0. The highest BCUT2D eigenvalue weighted by atomic mass is 19.4. The van der Waals surface area contributed by atoms with Gasteiger partial charge in [0.05, 0.1) is 20.1 Å². The van der Waals surface area contributed by atoms with Gasteiger partial charge in [-0.05, 0) is 37.0 Å². The van der Waals surface area contributed by atoms with Crippen molar-refractivity contribution in [2.24, 2.45) is 10.9 Å². The maximum Gasteiger partial charge on any atom is 0.391 e. The largest absolute Gasteiger partial charge is 0.502 e. The van der Waals surface area contributed by atoms with Gasteiger partial charge in [-0.25, -0.2) is 0 Å². The first kappa shape index (κ1) is 21.0. The molecule has 1 fully saturated rings. The van der Waals surface area contributed by atoms with Crippen molar-refractivity contribution in [1.82, 2.24) is 10.6 Å². The Morgan fingerprint density at radius 3 is 2.37 bits per heavy atom. The standard InChI is InChI=1S/C18H26F3N3O3/c1-22-17(24-13-6-4-5-12(9-13)18(19,20)21)23-10-11-7-14(26-2)16(25)15(8-11)27-3/h7-8,12-13,25H,4-6,9-10H2,1-3H3,(H2,22,23,24). The summed E-state index contributed by atoms with van der Waals surface area (Å²) in [5.41, 5.74) is 0.765. The second-order valence-electron chi connectivity index (χ2n) is 6.52. The summed E-state index contributed by atoms with van der Waals surface area (Å²) in [6.07, 6.45) is -2.72. The van der Waals surface area contributed by atoms with Crippen molar-refractivity contribution >= 4 is 5.96 Å².